The number of hydrogen-bond donors (Lipinski definition) is 1. The molecule has 1 atom stereocenters. The number of tetrazole rings is 1. The van der Waals surface area contributed by atoms with E-state index in [-0.39, 0.29) is 0 Å². The SMILES string of the molecule is OC(c1nnn(-c2ccccc2)n1)N1CCCCC1. The third-order valence-electron chi connectivity index (χ3n) is 3.38. The van der Waals surface area contributed by atoms with Gasteiger partial charge in [-0.25, -0.2) is 0 Å². The van der Waals surface area contributed by atoms with Crippen molar-refractivity contribution >= 4 is 0 Å². The maximum atomic E-state index is 10.3. The maximum absolute atomic E-state index is 10.3. The first-order chi connectivity index (χ1) is 9.34. The van der Waals surface area contributed by atoms with Gasteiger partial charge in [0.05, 0.1) is 5.69 Å². The standard InChI is InChI=1S/C13H17N5O/c19-13(17-9-5-2-6-10-17)12-14-16-18(15-12)11-7-3-1-4-8-11/h1,3-4,7-8,13,19H,2,5-6,9-10H2. The molecule has 6 heteroatoms. The molecule has 0 saturated carbocycles. The maximum Gasteiger partial charge on any atom is 0.218 e. The van der Waals surface area contributed by atoms with Crippen LogP contribution in [0.1, 0.15) is 31.3 Å². The van der Waals surface area contributed by atoms with Gasteiger partial charge in [-0.05, 0) is 30.2 Å². The Morgan fingerprint density at radius 2 is 1.79 bits per heavy atom. The van der Waals surface area contributed by atoms with Crippen LogP contribution in [0.25, 0.3) is 5.69 Å². The molecule has 6 nitrogen and oxygen atoms in total. The number of para-hydroxylation sites is 1. The lowest BCUT2D eigenvalue weighted by atomic mass is 10.1. The smallest absolute Gasteiger partial charge is 0.218 e. The first kappa shape index (κ1) is 12.3. The second kappa shape index (κ2) is 5.46. The van der Waals surface area contributed by atoms with Crippen LogP contribution in [-0.2, 0) is 0 Å². The Labute approximate surface area is 111 Å². The summed E-state index contributed by atoms with van der Waals surface area (Å²) >= 11 is 0. The molecule has 1 fully saturated rings. The average Bonchev–Trinajstić information content (AvgIpc) is 2.98. The van der Waals surface area contributed by atoms with E-state index in [4.69, 9.17) is 0 Å². The van der Waals surface area contributed by atoms with E-state index in [0.717, 1.165) is 31.6 Å². The number of aromatic nitrogens is 4. The van der Waals surface area contributed by atoms with Gasteiger partial charge in [-0.2, -0.15) is 0 Å². The number of nitrogens with zero attached hydrogens (tertiary/aromatic N) is 5. The molecule has 1 N–H and O–H groups in total. The van der Waals surface area contributed by atoms with Gasteiger partial charge in [0.25, 0.3) is 0 Å². The third-order valence-corrected chi connectivity index (χ3v) is 3.38. The highest BCUT2D eigenvalue weighted by Crippen LogP contribution is 2.19. The van der Waals surface area contributed by atoms with E-state index < -0.39 is 6.23 Å². The first-order valence-electron chi connectivity index (χ1n) is 6.62. The lowest BCUT2D eigenvalue weighted by molar-refractivity contribution is -0.0162. The van der Waals surface area contributed by atoms with Crippen molar-refractivity contribution in [2.75, 3.05) is 13.1 Å². The number of rotatable bonds is 3. The summed E-state index contributed by atoms with van der Waals surface area (Å²) < 4.78 is 0. The predicted octanol–water partition coefficient (Wildman–Crippen LogP) is 1.14. The van der Waals surface area contributed by atoms with Crippen molar-refractivity contribution in [1.29, 1.82) is 0 Å². The molecule has 1 aliphatic rings. The monoisotopic (exact) mass is 259 g/mol. The fraction of sp³-hybridized carbons (Fsp3) is 0.462. The minimum atomic E-state index is -0.752. The van der Waals surface area contributed by atoms with Crippen LogP contribution in [0.3, 0.4) is 0 Å². The van der Waals surface area contributed by atoms with E-state index >= 15 is 0 Å². The van der Waals surface area contributed by atoms with Gasteiger partial charge in [0, 0.05) is 13.1 Å². The molecule has 2 heterocycles. The molecule has 19 heavy (non-hydrogen) atoms. The second-order valence-electron chi connectivity index (χ2n) is 4.74. The van der Waals surface area contributed by atoms with Gasteiger partial charge >= 0.3 is 0 Å². The summed E-state index contributed by atoms with van der Waals surface area (Å²) in [5.74, 6) is 0.366. The van der Waals surface area contributed by atoms with Crippen molar-refractivity contribution in [2.45, 2.75) is 25.5 Å². The molecule has 1 aromatic heterocycles. The summed E-state index contributed by atoms with van der Waals surface area (Å²) in [6, 6.07) is 9.57. The fourth-order valence-electron chi connectivity index (χ4n) is 2.33. The third kappa shape index (κ3) is 2.64. The molecule has 0 aliphatic carbocycles. The molecule has 1 saturated heterocycles. The van der Waals surface area contributed by atoms with E-state index in [2.05, 4.69) is 15.4 Å². The van der Waals surface area contributed by atoms with Crippen LogP contribution in [0.2, 0.25) is 0 Å². The van der Waals surface area contributed by atoms with Crippen LogP contribution in [0.5, 0.6) is 0 Å². The molecule has 0 radical (unpaired) electrons. The van der Waals surface area contributed by atoms with E-state index in [9.17, 15) is 5.11 Å². The molecule has 0 spiro atoms. The summed E-state index contributed by atoms with van der Waals surface area (Å²) in [5.41, 5.74) is 0.840. The summed E-state index contributed by atoms with van der Waals surface area (Å²) in [6.07, 6.45) is 2.71. The molecule has 2 aromatic rings. The minimum Gasteiger partial charge on any atom is -0.371 e. The highest BCUT2D eigenvalue weighted by atomic mass is 16.3. The van der Waals surface area contributed by atoms with Crippen molar-refractivity contribution in [3.05, 3.63) is 36.2 Å². The largest absolute Gasteiger partial charge is 0.371 e. The number of hydrogen-bond acceptors (Lipinski definition) is 5. The minimum absolute atomic E-state index is 0.366. The Hall–Kier alpha value is -1.79. The Morgan fingerprint density at radius 3 is 2.53 bits per heavy atom. The van der Waals surface area contributed by atoms with Gasteiger partial charge < -0.3 is 5.11 Å². The van der Waals surface area contributed by atoms with Gasteiger partial charge in [0.2, 0.25) is 5.82 Å². The summed E-state index contributed by atoms with van der Waals surface area (Å²) in [6.45, 7) is 1.78. The quantitative estimate of drug-likeness (QED) is 0.895. The van der Waals surface area contributed by atoms with Crippen molar-refractivity contribution in [2.24, 2.45) is 0 Å². The molecule has 0 amide bonds. The zero-order valence-corrected chi connectivity index (χ0v) is 10.7. The van der Waals surface area contributed by atoms with Gasteiger partial charge in [-0.15, -0.1) is 15.0 Å². The van der Waals surface area contributed by atoms with Crippen LogP contribution in [-0.4, -0.2) is 43.3 Å². The van der Waals surface area contributed by atoms with Crippen LogP contribution in [0, 0.1) is 0 Å². The van der Waals surface area contributed by atoms with E-state index in [1.807, 2.05) is 35.2 Å². The van der Waals surface area contributed by atoms with E-state index in [1.165, 1.54) is 11.2 Å². The van der Waals surface area contributed by atoms with Gasteiger partial charge in [0.1, 0.15) is 0 Å². The van der Waals surface area contributed by atoms with Gasteiger partial charge in [0.15, 0.2) is 6.23 Å². The number of piperidine rings is 1. The van der Waals surface area contributed by atoms with Gasteiger partial charge in [-0.1, -0.05) is 24.6 Å². The first-order valence-corrected chi connectivity index (χ1v) is 6.62. The molecule has 3 rings (SSSR count). The fourth-order valence-corrected chi connectivity index (χ4v) is 2.33. The van der Waals surface area contributed by atoms with Crippen LogP contribution < -0.4 is 0 Å². The lowest BCUT2D eigenvalue weighted by Gasteiger charge is -2.29. The van der Waals surface area contributed by atoms with E-state index in [0.29, 0.717) is 5.82 Å². The zero-order valence-electron chi connectivity index (χ0n) is 10.7. The lowest BCUT2D eigenvalue weighted by Crippen LogP contribution is -2.34. The Balaban J connectivity index is 1.77. The van der Waals surface area contributed by atoms with Crippen LogP contribution >= 0.6 is 0 Å². The highest BCUT2D eigenvalue weighted by molar-refractivity contribution is 5.27. The van der Waals surface area contributed by atoms with Crippen LogP contribution in [0.4, 0.5) is 0 Å². The van der Waals surface area contributed by atoms with Gasteiger partial charge in [-0.3, -0.25) is 4.90 Å². The molecule has 1 aromatic carbocycles. The normalized spacial score (nSPS) is 18.4. The molecule has 100 valence electrons. The Morgan fingerprint density at radius 1 is 1.05 bits per heavy atom. The van der Waals surface area contributed by atoms with Crippen molar-refractivity contribution < 1.29 is 5.11 Å². The van der Waals surface area contributed by atoms with Crippen molar-refractivity contribution in [3.63, 3.8) is 0 Å². The summed E-state index contributed by atoms with van der Waals surface area (Å²) in [5, 5.41) is 22.5. The number of aliphatic hydroxyl groups excluding tert-OH is 1. The summed E-state index contributed by atoms with van der Waals surface area (Å²) in [7, 11) is 0. The van der Waals surface area contributed by atoms with Crippen LogP contribution in [0.15, 0.2) is 30.3 Å². The Bertz CT molecular complexity index is 521. The number of benzene rings is 1. The van der Waals surface area contributed by atoms with Crippen molar-refractivity contribution in [1.82, 2.24) is 25.1 Å². The molecule has 0 bridgehead atoms. The Kier molecular flexibility index (Phi) is 3.52. The molecule has 1 aliphatic heterocycles. The topological polar surface area (TPSA) is 67.1 Å². The predicted molar refractivity (Wildman–Crippen MR) is 69.5 cm³/mol. The molecular formula is C13H17N5O. The van der Waals surface area contributed by atoms with E-state index in [1.54, 1.807) is 0 Å². The summed E-state index contributed by atoms with van der Waals surface area (Å²) in [4.78, 5) is 3.44. The number of aliphatic hydroxyl groups is 1. The average molecular weight is 259 g/mol. The number of likely N-dealkylation sites (tertiary alicyclic amines) is 1. The molecular weight excluding hydrogens is 242 g/mol. The van der Waals surface area contributed by atoms with Crippen molar-refractivity contribution in [3.8, 4) is 5.69 Å². The highest BCUT2D eigenvalue weighted by Gasteiger charge is 2.23. The molecule has 1 unspecified atom stereocenters. The zero-order chi connectivity index (χ0) is 13.1. The second-order valence-corrected chi connectivity index (χ2v) is 4.74.